The lowest BCUT2D eigenvalue weighted by Crippen LogP contribution is -2.28. The van der Waals surface area contributed by atoms with Gasteiger partial charge in [-0.1, -0.05) is 35.9 Å². The first-order valence-corrected chi connectivity index (χ1v) is 7.03. The van der Waals surface area contributed by atoms with Crippen molar-refractivity contribution < 1.29 is 4.74 Å². The predicted octanol–water partition coefficient (Wildman–Crippen LogP) is 3.11. The molecule has 0 saturated heterocycles. The standard InChI is InChI=1S/C15H16ClN3O/c1-20-13-14(16)17-9-18-15(13)19-12-7-6-10-4-2-3-5-11(10)8-12/h2-5,9,12H,6-8H2,1H3,(H,17,18,19). The molecule has 4 nitrogen and oxygen atoms in total. The van der Waals surface area contributed by atoms with Crippen LogP contribution in [0.3, 0.4) is 0 Å². The number of rotatable bonds is 3. The molecule has 0 amide bonds. The SMILES string of the molecule is COc1c(Cl)ncnc1NC1CCc2ccccc2C1. The molecule has 0 saturated carbocycles. The van der Waals surface area contributed by atoms with Crippen LogP contribution in [0.2, 0.25) is 5.15 Å². The Hall–Kier alpha value is -1.81. The number of halogens is 1. The van der Waals surface area contributed by atoms with Crippen LogP contribution in [0.25, 0.3) is 0 Å². The van der Waals surface area contributed by atoms with Crippen LogP contribution in [-0.2, 0) is 12.8 Å². The lowest BCUT2D eigenvalue weighted by molar-refractivity contribution is 0.412. The van der Waals surface area contributed by atoms with Crippen molar-refractivity contribution in [2.75, 3.05) is 12.4 Å². The lowest BCUT2D eigenvalue weighted by Gasteiger charge is -2.26. The summed E-state index contributed by atoms with van der Waals surface area (Å²) in [4.78, 5) is 8.16. The topological polar surface area (TPSA) is 47.0 Å². The third-order valence-corrected chi connectivity index (χ3v) is 3.92. The number of aromatic nitrogens is 2. The highest BCUT2D eigenvalue weighted by Gasteiger charge is 2.20. The molecule has 0 fully saturated rings. The van der Waals surface area contributed by atoms with Crippen LogP contribution in [0, 0.1) is 0 Å². The van der Waals surface area contributed by atoms with Crippen molar-refractivity contribution in [1.29, 1.82) is 0 Å². The molecule has 1 heterocycles. The van der Waals surface area contributed by atoms with Crippen LogP contribution in [0.4, 0.5) is 5.82 Å². The Labute approximate surface area is 123 Å². The number of fused-ring (bicyclic) bond motifs is 1. The molecule has 5 heteroatoms. The minimum Gasteiger partial charge on any atom is -0.490 e. The molecule has 2 aromatic rings. The molecule has 0 radical (unpaired) electrons. The normalized spacial score (nSPS) is 17.4. The second kappa shape index (κ2) is 5.67. The van der Waals surface area contributed by atoms with Gasteiger partial charge in [0.05, 0.1) is 7.11 Å². The Morgan fingerprint density at radius 2 is 2.05 bits per heavy atom. The van der Waals surface area contributed by atoms with Gasteiger partial charge in [-0.15, -0.1) is 0 Å². The number of nitrogens with zero attached hydrogens (tertiary/aromatic N) is 2. The molecular weight excluding hydrogens is 274 g/mol. The third-order valence-electron chi connectivity index (χ3n) is 3.65. The van der Waals surface area contributed by atoms with E-state index in [1.165, 1.54) is 17.5 Å². The number of aryl methyl sites for hydroxylation is 1. The van der Waals surface area contributed by atoms with Gasteiger partial charge in [0.25, 0.3) is 0 Å². The van der Waals surface area contributed by atoms with Gasteiger partial charge in [-0.3, -0.25) is 0 Å². The van der Waals surface area contributed by atoms with E-state index >= 15 is 0 Å². The fourth-order valence-electron chi connectivity index (χ4n) is 2.65. The van der Waals surface area contributed by atoms with Crippen LogP contribution in [-0.4, -0.2) is 23.1 Å². The van der Waals surface area contributed by atoms with Gasteiger partial charge in [0.15, 0.2) is 16.7 Å². The van der Waals surface area contributed by atoms with Gasteiger partial charge in [0.1, 0.15) is 6.33 Å². The fourth-order valence-corrected chi connectivity index (χ4v) is 2.86. The average molecular weight is 290 g/mol. The minimum atomic E-state index is 0.334. The molecule has 0 aliphatic heterocycles. The zero-order chi connectivity index (χ0) is 13.9. The van der Waals surface area contributed by atoms with E-state index < -0.39 is 0 Å². The van der Waals surface area contributed by atoms with Crippen molar-refractivity contribution in [1.82, 2.24) is 9.97 Å². The maximum absolute atomic E-state index is 6.01. The summed E-state index contributed by atoms with van der Waals surface area (Å²) in [5.74, 6) is 1.17. The molecule has 1 N–H and O–H groups in total. The van der Waals surface area contributed by atoms with Gasteiger partial charge in [0, 0.05) is 6.04 Å². The Kier molecular flexibility index (Phi) is 3.74. The van der Waals surface area contributed by atoms with Gasteiger partial charge in [-0.05, 0) is 30.4 Å². The molecule has 1 unspecified atom stereocenters. The highest BCUT2D eigenvalue weighted by atomic mass is 35.5. The second-order valence-electron chi connectivity index (χ2n) is 4.90. The maximum Gasteiger partial charge on any atom is 0.198 e. The summed E-state index contributed by atoms with van der Waals surface area (Å²) in [5.41, 5.74) is 2.84. The van der Waals surface area contributed by atoms with Gasteiger partial charge >= 0.3 is 0 Å². The Bertz CT molecular complexity index is 618. The van der Waals surface area contributed by atoms with E-state index in [4.69, 9.17) is 16.3 Å². The van der Waals surface area contributed by atoms with E-state index in [0.717, 1.165) is 19.3 Å². The number of nitrogens with one attached hydrogen (secondary N) is 1. The van der Waals surface area contributed by atoms with Crippen molar-refractivity contribution in [2.24, 2.45) is 0 Å². The van der Waals surface area contributed by atoms with Crippen molar-refractivity contribution in [2.45, 2.75) is 25.3 Å². The third kappa shape index (κ3) is 2.56. The fraction of sp³-hybridized carbons (Fsp3) is 0.333. The molecule has 1 aromatic heterocycles. The van der Waals surface area contributed by atoms with E-state index in [1.807, 2.05) is 0 Å². The summed E-state index contributed by atoms with van der Waals surface area (Å²) in [7, 11) is 1.58. The number of hydrogen-bond acceptors (Lipinski definition) is 4. The largest absolute Gasteiger partial charge is 0.490 e. The Morgan fingerprint density at radius 3 is 2.85 bits per heavy atom. The summed E-state index contributed by atoms with van der Waals surface area (Å²) >= 11 is 6.01. The smallest absolute Gasteiger partial charge is 0.198 e. The summed E-state index contributed by atoms with van der Waals surface area (Å²) in [6.45, 7) is 0. The maximum atomic E-state index is 6.01. The predicted molar refractivity (Wildman–Crippen MR) is 79.5 cm³/mol. The molecule has 20 heavy (non-hydrogen) atoms. The average Bonchev–Trinajstić information content (AvgIpc) is 2.47. The van der Waals surface area contributed by atoms with E-state index in [-0.39, 0.29) is 0 Å². The zero-order valence-electron chi connectivity index (χ0n) is 11.3. The van der Waals surface area contributed by atoms with E-state index in [9.17, 15) is 0 Å². The monoisotopic (exact) mass is 289 g/mol. The summed E-state index contributed by atoms with van der Waals surface area (Å²) < 4.78 is 5.27. The first-order chi connectivity index (χ1) is 9.78. The summed E-state index contributed by atoms with van der Waals surface area (Å²) in [6.07, 6.45) is 4.58. The van der Waals surface area contributed by atoms with Crippen LogP contribution in [0.5, 0.6) is 5.75 Å². The Balaban J connectivity index is 1.79. The van der Waals surface area contributed by atoms with Crippen LogP contribution in [0.15, 0.2) is 30.6 Å². The molecule has 0 spiro atoms. The quantitative estimate of drug-likeness (QED) is 0.882. The molecule has 1 aromatic carbocycles. The molecule has 1 atom stereocenters. The minimum absolute atomic E-state index is 0.334. The zero-order valence-corrected chi connectivity index (χ0v) is 12.0. The number of benzene rings is 1. The van der Waals surface area contributed by atoms with Crippen molar-refractivity contribution in [3.8, 4) is 5.75 Å². The molecule has 1 aliphatic rings. The molecular formula is C15H16ClN3O. The van der Waals surface area contributed by atoms with Gasteiger partial charge in [-0.2, -0.15) is 0 Å². The summed E-state index contributed by atoms with van der Waals surface area (Å²) in [5, 5.41) is 3.76. The van der Waals surface area contributed by atoms with Crippen molar-refractivity contribution in [3.05, 3.63) is 46.9 Å². The molecule has 3 rings (SSSR count). The van der Waals surface area contributed by atoms with E-state index in [1.54, 1.807) is 7.11 Å². The van der Waals surface area contributed by atoms with Crippen LogP contribution >= 0.6 is 11.6 Å². The Morgan fingerprint density at radius 1 is 1.25 bits per heavy atom. The molecule has 104 valence electrons. The highest BCUT2D eigenvalue weighted by Crippen LogP contribution is 2.31. The van der Waals surface area contributed by atoms with Gasteiger partial charge < -0.3 is 10.1 Å². The van der Waals surface area contributed by atoms with E-state index in [2.05, 4.69) is 39.6 Å². The lowest BCUT2D eigenvalue weighted by atomic mass is 9.88. The number of methoxy groups -OCH3 is 1. The number of anilines is 1. The second-order valence-corrected chi connectivity index (χ2v) is 5.26. The number of hydrogen-bond donors (Lipinski definition) is 1. The highest BCUT2D eigenvalue weighted by molar-refractivity contribution is 6.31. The van der Waals surface area contributed by atoms with Crippen LogP contribution < -0.4 is 10.1 Å². The number of ether oxygens (including phenoxy) is 1. The van der Waals surface area contributed by atoms with Crippen molar-refractivity contribution >= 4 is 17.4 Å². The van der Waals surface area contributed by atoms with Gasteiger partial charge in [-0.25, -0.2) is 9.97 Å². The van der Waals surface area contributed by atoms with Crippen molar-refractivity contribution in [3.63, 3.8) is 0 Å². The van der Waals surface area contributed by atoms with Crippen LogP contribution in [0.1, 0.15) is 17.5 Å². The first kappa shape index (κ1) is 13.2. The molecule has 1 aliphatic carbocycles. The van der Waals surface area contributed by atoms with E-state index in [0.29, 0.717) is 22.8 Å². The summed E-state index contributed by atoms with van der Waals surface area (Å²) in [6, 6.07) is 8.91. The first-order valence-electron chi connectivity index (χ1n) is 6.65. The molecule has 0 bridgehead atoms. The van der Waals surface area contributed by atoms with Gasteiger partial charge in [0.2, 0.25) is 0 Å².